The van der Waals surface area contributed by atoms with Crippen LogP contribution >= 0.6 is 0 Å². The Bertz CT molecular complexity index is 774. The van der Waals surface area contributed by atoms with Crippen LogP contribution in [-0.4, -0.2) is 24.6 Å². The van der Waals surface area contributed by atoms with E-state index in [2.05, 4.69) is 22.8 Å². The number of carbonyl (C=O) groups excluding carboxylic acids is 2. The minimum absolute atomic E-state index is 0.390. The van der Waals surface area contributed by atoms with Gasteiger partial charge in [-0.1, -0.05) is 13.3 Å². The summed E-state index contributed by atoms with van der Waals surface area (Å²) in [6.45, 7) is 2.78. The van der Waals surface area contributed by atoms with E-state index in [9.17, 15) is 14.0 Å². The monoisotopic (exact) mass is 371 g/mol. The lowest BCUT2D eigenvalue weighted by Gasteiger charge is -2.05. The zero-order valence-corrected chi connectivity index (χ0v) is 15.1. The molecule has 2 amide bonds. The van der Waals surface area contributed by atoms with Gasteiger partial charge in [-0.2, -0.15) is 5.10 Å². The van der Waals surface area contributed by atoms with Gasteiger partial charge in [0.1, 0.15) is 18.0 Å². The van der Waals surface area contributed by atoms with Crippen molar-refractivity contribution in [3.05, 3.63) is 59.9 Å². The van der Waals surface area contributed by atoms with Gasteiger partial charge in [0.25, 0.3) is 0 Å². The van der Waals surface area contributed by atoms with E-state index in [0.29, 0.717) is 12.3 Å². The smallest absolute Gasteiger partial charge is 0.249 e. The van der Waals surface area contributed by atoms with E-state index in [1.165, 1.54) is 30.5 Å². The number of anilines is 1. The fourth-order valence-electron chi connectivity index (χ4n) is 2.09. The summed E-state index contributed by atoms with van der Waals surface area (Å²) in [6.07, 6.45) is 3.17. The molecular formula is C20H22FN3O3. The van der Waals surface area contributed by atoms with Crippen molar-refractivity contribution in [3.8, 4) is 5.75 Å². The number of hydrogen-bond acceptors (Lipinski definition) is 4. The summed E-state index contributed by atoms with van der Waals surface area (Å²) in [5.74, 6) is -0.684. The van der Waals surface area contributed by atoms with Gasteiger partial charge < -0.3 is 10.1 Å². The van der Waals surface area contributed by atoms with Crippen LogP contribution in [0.4, 0.5) is 10.1 Å². The van der Waals surface area contributed by atoms with Gasteiger partial charge in [-0.15, -0.1) is 0 Å². The number of hydrazone groups is 1. The molecule has 0 spiro atoms. The lowest BCUT2D eigenvalue weighted by molar-refractivity contribution is -0.126. The maximum absolute atomic E-state index is 12.8. The summed E-state index contributed by atoms with van der Waals surface area (Å²) in [5, 5.41) is 6.33. The van der Waals surface area contributed by atoms with Crippen LogP contribution in [0.25, 0.3) is 0 Å². The summed E-state index contributed by atoms with van der Waals surface area (Å²) < 4.78 is 18.4. The quantitative estimate of drug-likeness (QED) is 0.306. The molecule has 0 radical (unpaired) electrons. The number of carbonyl (C=O) groups is 2. The predicted octanol–water partition coefficient (Wildman–Crippen LogP) is 3.48. The van der Waals surface area contributed by atoms with E-state index in [1.807, 2.05) is 24.3 Å². The number of nitrogens with one attached hydrogen (secondary N) is 2. The molecule has 2 aromatic carbocycles. The largest absolute Gasteiger partial charge is 0.494 e. The van der Waals surface area contributed by atoms with Gasteiger partial charge in [0.05, 0.1) is 12.8 Å². The molecule has 2 N–H and O–H groups in total. The molecule has 2 rings (SSSR count). The first-order valence-electron chi connectivity index (χ1n) is 8.67. The molecule has 0 aliphatic carbocycles. The molecular weight excluding hydrogens is 349 g/mol. The average Bonchev–Trinajstić information content (AvgIpc) is 2.65. The number of benzene rings is 2. The van der Waals surface area contributed by atoms with Crippen molar-refractivity contribution in [2.45, 2.75) is 26.2 Å². The fraction of sp³-hybridized carbons (Fsp3) is 0.250. The van der Waals surface area contributed by atoms with Crippen molar-refractivity contribution in [1.29, 1.82) is 0 Å². The van der Waals surface area contributed by atoms with Crippen molar-refractivity contribution in [3.63, 3.8) is 0 Å². The van der Waals surface area contributed by atoms with Crippen LogP contribution in [-0.2, 0) is 9.59 Å². The minimum atomic E-state index is -0.551. The molecule has 0 aliphatic heterocycles. The molecule has 0 aliphatic rings. The Labute approximate surface area is 157 Å². The Morgan fingerprint density at radius 3 is 2.44 bits per heavy atom. The van der Waals surface area contributed by atoms with Gasteiger partial charge in [0.15, 0.2) is 0 Å². The van der Waals surface area contributed by atoms with Crippen molar-refractivity contribution >= 4 is 23.7 Å². The van der Waals surface area contributed by atoms with Gasteiger partial charge in [-0.05, 0) is 60.5 Å². The van der Waals surface area contributed by atoms with Gasteiger partial charge >= 0.3 is 0 Å². The molecule has 0 unspecified atom stereocenters. The van der Waals surface area contributed by atoms with Gasteiger partial charge in [-0.25, -0.2) is 9.82 Å². The summed E-state index contributed by atoms with van der Waals surface area (Å²) >= 11 is 0. The summed E-state index contributed by atoms with van der Waals surface area (Å²) in [5.41, 5.74) is 3.49. The lowest BCUT2D eigenvalue weighted by Crippen LogP contribution is -2.24. The van der Waals surface area contributed by atoms with Crippen molar-refractivity contribution in [2.75, 3.05) is 11.9 Å². The number of ether oxygens (including phenoxy) is 1. The first-order chi connectivity index (χ1) is 13.1. The standard InChI is InChI=1S/C20H22FN3O3/c1-2-3-12-27-18-10-4-15(5-11-18)14-22-24-20(26)13-19(25)23-17-8-6-16(21)7-9-17/h4-11,14H,2-3,12-13H2,1H3,(H,23,25)(H,24,26). The van der Waals surface area contributed by atoms with E-state index in [4.69, 9.17) is 4.74 Å². The maximum Gasteiger partial charge on any atom is 0.249 e. The SMILES string of the molecule is CCCCOc1ccc(C=NNC(=O)CC(=O)Nc2ccc(F)cc2)cc1. The summed E-state index contributed by atoms with van der Waals surface area (Å²) in [6, 6.07) is 12.6. The van der Waals surface area contributed by atoms with E-state index in [0.717, 1.165) is 24.2 Å². The number of amides is 2. The second-order valence-electron chi connectivity index (χ2n) is 5.80. The number of nitrogens with zero attached hydrogens (tertiary/aromatic N) is 1. The molecule has 6 nitrogen and oxygen atoms in total. The third-order valence-electron chi connectivity index (χ3n) is 3.50. The molecule has 27 heavy (non-hydrogen) atoms. The summed E-state index contributed by atoms with van der Waals surface area (Å²) in [4.78, 5) is 23.5. The van der Waals surface area contributed by atoms with Crippen LogP contribution in [0.1, 0.15) is 31.7 Å². The van der Waals surface area contributed by atoms with Crippen LogP contribution < -0.4 is 15.5 Å². The van der Waals surface area contributed by atoms with Gasteiger partial charge in [-0.3, -0.25) is 9.59 Å². The topological polar surface area (TPSA) is 79.8 Å². The highest BCUT2D eigenvalue weighted by Crippen LogP contribution is 2.11. The fourth-order valence-corrected chi connectivity index (χ4v) is 2.09. The molecule has 0 aromatic heterocycles. The second kappa shape index (κ2) is 10.7. The lowest BCUT2D eigenvalue weighted by atomic mass is 10.2. The predicted molar refractivity (Wildman–Crippen MR) is 102 cm³/mol. The van der Waals surface area contributed by atoms with E-state index in [1.54, 1.807) is 0 Å². The molecule has 142 valence electrons. The van der Waals surface area contributed by atoms with Crippen LogP contribution in [0.2, 0.25) is 0 Å². The Morgan fingerprint density at radius 1 is 1.07 bits per heavy atom. The maximum atomic E-state index is 12.8. The molecule has 0 heterocycles. The molecule has 0 saturated heterocycles. The Kier molecular flexibility index (Phi) is 7.96. The normalized spacial score (nSPS) is 10.6. The zero-order valence-electron chi connectivity index (χ0n) is 15.1. The molecule has 0 bridgehead atoms. The molecule has 2 aromatic rings. The van der Waals surface area contributed by atoms with Crippen molar-refractivity contribution < 1.29 is 18.7 Å². The molecule has 0 saturated carbocycles. The number of hydrogen-bond donors (Lipinski definition) is 2. The zero-order chi connectivity index (χ0) is 19.5. The van der Waals surface area contributed by atoms with E-state index >= 15 is 0 Å². The molecule has 7 heteroatoms. The highest BCUT2D eigenvalue weighted by Gasteiger charge is 2.09. The summed E-state index contributed by atoms with van der Waals surface area (Å²) in [7, 11) is 0. The Morgan fingerprint density at radius 2 is 1.78 bits per heavy atom. The first-order valence-corrected chi connectivity index (χ1v) is 8.67. The van der Waals surface area contributed by atoms with Crippen LogP contribution in [0.5, 0.6) is 5.75 Å². The van der Waals surface area contributed by atoms with Gasteiger partial charge in [0.2, 0.25) is 11.8 Å². The number of rotatable bonds is 9. The highest BCUT2D eigenvalue weighted by atomic mass is 19.1. The van der Waals surface area contributed by atoms with Gasteiger partial charge in [0, 0.05) is 5.69 Å². The third kappa shape index (κ3) is 7.68. The van der Waals surface area contributed by atoms with Crippen LogP contribution in [0.15, 0.2) is 53.6 Å². The highest BCUT2D eigenvalue weighted by molar-refractivity contribution is 6.03. The first kappa shape index (κ1) is 20.1. The third-order valence-corrected chi connectivity index (χ3v) is 3.50. The van der Waals surface area contributed by atoms with E-state index in [-0.39, 0.29) is 6.42 Å². The second-order valence-corrected chi connectivity index (χ2v) is 5.80. The van der Waals surface area contributed by atoms with Crippen LogP contribution in [0.3, 0.4) is 0 Å². The van der Waals surface area contributed by atoms with Crippen molar-refractivity contribution in [2.24, 2.45) is 5.10 Å². The molecule has 0 fully saturated rings. The average molecular weight is 371 g/mol. The Balaban J connectivity index is 1.74. The van der Waals surface area contributed by atoms with Crippen molar-refractivity contribution in [1.82, 2.24) is 5.43 Å². The minimum Gasteiger partial charge on any atom is -0.494 e. The number of unbranched alkanes of at least 4 members (excludes halogenated alkanes) is 1. The Hall–Kier alpha value is -3.22. The van der Waals surface area contributed by atoms with E-state index < -0.39 is 17.6 Å². The van der Waals surface area contributed by atoms with Crippen LogP contribution in [0, 0.1) is 5.82 Å². The molecule has 0 atom stereocenters. The number of halogens is 1.